The second-order valence-electron chi connectivity index (χ2n) is 8.50. The van der Waals surface area contributed by atoms with Crippen LogP contribution in [0.25, 0.3) is 5.69 Å². The molecule has 0 saturated carbocycles. The van der Waals surface area contributed by atoms with Crippen LogP contribution in [-0.2, 0) is 4.79 Å². The van der Waals surface area contributed by atoms with Gasteiger partial charge in [0.2, 0.25) is 5.91 Å². The molecule has 2 aromatic heterocycles. The molecule has 0 bridgehead atoms. The van der Waals surface area contributed by atoms with E-state index >= 15 is 0 Å². The third-order valence-electron chi connectivity index (χ3n) is 6.18. The Bertz CT molecular complexity index is 1450. The molecular formula is C27H22Cl2FN5OS. The zero-order chi connectivity index (χ0) is 25.9. The quantitative estimate of drug-likeness (QED) is 0.262. The number of nitrogens with one attached hydrogen (secondary N) is 2. The number of aromatic nitrogens is 2. The second-order valence-corrected chi connectivity index (χ2v) is 9.73. The molecule has 5 rings (SSSR count). The predicted molar refractivity (Wildman–Crippen MR) is 148 cm³/mol. The Kier molecular flexibility index (Phi) is 7.41. The number of carbonyl (C=O) groups is 1. The largest absolute Gasteiger partial charge is 0.352 e. The summed E-state index contributed by atoms with van der Waals surface area (Å²) in [4.78, 5) is 19.2. The number of para-hydroxylation sites is 1. The van der Waals surface area contributed by atoms with Gasteiger partial charge in [-0.15, -0.1) is 0 Å². The van der Waals surface area contributed by atoms with Crippen molar-refractivity contribution in [1.29, 1.82) is 0 Å². The van der Waals surface area contributed by atoms with E-state index in [-0.39, 0.29) is 30.1 Å². The molecule has 6 nitrogen and oxygen atoms in total. The molecule has 3 heterocycles. The molecule has 2 aromatic carbocycles. The normalized spacial score (nSPS) is 17.1. The summed E-state index contributed by atoms with van der Waals surface area (Å²) in [5.41, 5.74) is 2.62. The van der Waals surface area contributed by atoms with E-state index in [0.717, 1.165) is 17.1 Å². The van der Waals surface area contributed by atoms with Crippen LogP contribution < -0.4 is 10.6 Å². The van der Waals surface area contributed by atoms with Gasteiger partial charge in [-0.2, -0.15) is 0 Å². The van der Waals surface area contributed by atoms with Crippen LogP contribution in [0.2, 0.25) is 10.0 Å². The van der Waals surface area contributed by atoms with Crippen LogP contribution in [0.3, 0.4) is 0 Å². The van der Waals surface area contributed by atoms with E-state index in [9.17, 15) is 9.18 Å². The second kappa shape index (κ2) is 10.9. The van der Waals surface area contributed by atoms with Crippen molar-refractivity contribution in [2.45, 2.75) is 18.5 Å². The summed E-state index contributed by atoms with van der Waals surface area (Å²) >= 11 is 18.4. The molecule has 0 spiro atoms. The Morgan fingerprint density at radius 1 is 1.08 bits per heavy atom. The average molecular weight is 554 g/mol. The number of thiocarbonyl (C=S) groups is 1. The first-order valence-corrected chi connectivity index (χ1v) is 12.7. The van der Waals surface area contributed by atoms with Gasteiger partial charge >= 0.3 is 0 Å². The molecule has 188 valence electrons. The molecule has 0 radical (unpaired) electrons. The van der Waals surface area contributed by atoms with Crippen molar-refractivity contribution in [2.24, 2.45) is 0 Å². The molecule has 1 amide bonds. The van der Waals surface area contributed by atoms with Crippen molar-refractivity contribution in [1.82, 2.24) is 19.8 Å². The van der Waals surface area contributed by atoms with E-state index in [1.165, 1.54) is 12.1 Å². The summed E-state index contributed by atoms with van der Waals surface area (Å²) < 4.78 is 16.0. The maximum atomic E-state index is 14.0. The Labute approximate surface area is 229 Å². The van der Waals surface area contributed by atoms with Gasteiger partial charge in [0.15, 0.2) is 5.11 Å². The van der Waals surface area contributed by atoms with E-state index in [1.54, 1.807) is 30.5 Å². The van der Waals surface area contributed by atoms with Gasteiger partial charge in [-0.25, -0.2) is 4.39 Å². The van der Waals surface area contributed by atoms with Crippen LogP contribution in [-0.4, -0.2) is 32.0 Å². The molecule has 1 saturated heterocycles. The fraction of sp³-hybridized carbons (Fsp3) is 0.148. The summed E-state index contributed by atoms with van der Waals surface area (Å²) in [6.45, 7) is 0.305. The van der Waals surface area contributed by atoms with E-state index in [0.29, 0.717) is 21.7 Å². The summed E-state index contributed by atoms with van der Waals surface area (Å²) in [7, 11) is 0. The van der Waals surface area contributed by atoms with Crippen molar-refractivity contribution in [3.8, 4) is 5.69 Å². The summed E-state index contributed by atoms with van der Waals surface area (Å²) in [6.07, 6.45) is 3.76. The number of anilines is 1. The third-order valence-corrected chi connectivity index (χ3v) is 7.07. The third kappa shape index (κ3) is 5.32. The molecule has 0 unspecified atom stereocenters. The van der Waals surface area contributed by atoms with E-state index < -0.39 is 5.82 Å². The lowest BCUT2D eigenvalue weighted by Crippen LogP contribution is -2.33. The fourth-order valence-electron chi connectivity index (χ4n) is 4.50. The van der Waals surface area contributed by atoms with Gasteiger partial charge in [-0.3, -0.25) is 9.78 Å². The number of halogens is 3. The smallest absolute Gasteiger partial charge is 0.226 e. The lowest BCUT2D eigenvalue weighted by Gasteiger charge is -2.29. The van der Waals surface area contributed by atoms with Crippen molar-refractivity contribution >= 4 is 52.1 Å². The van der Waals surface area contributed by atoms with Gasteiger partial charge in [0, 0.05) is 36.1 Å². The molecule has 10 heteroatoms. The highest BCUT2D eigenvalue weighted by Crippen LogP contribution is 2.40. The Morgan fingerprint density at radius 2 is 1.89 bits per heavy atom. The maximum absolute atomic E-state index is 14.0. The molecule has 2 N–H and O–H groups in total. The van der Waals surface area contributed by atoms with Crippen molar-refractivity contribution in [2.75, 3.05) is 11.9 Å². The number of pyridine rings is 1. The molecule has 4 aromatic rings. The van der Waals surface area contributed by atoms with Gasteiger partial charge in [-0.1, -0.05) is 41.4 Å². The van der Waals surface area contributed by atoms with Crippen molar-refractivity contribution in [3.63, 3.8) is 0 Å². The number of carbonyl (C=O) groups excluding carboxylic acids is 1. The Morgan fingerprint density at radius 3 is 2.65 bits per heavy atom. The number of nitrogens with zero attached hydrogens (tertiary/aromatic N) is 3. The van der Waals surface area contributed by atoms with Gasteiger partial charge in [0.05, 0.1) is 34.2 Å². The number of hydrogen-bond acceptors (Lipinski definition) is 3. The van der Waals surface area contributed by atoms with Crippen molar-refractivity contribution in [3.05, 3.63) is 112 Å². The Balaban J connectivity index is 1.46. The Hall–Kier alpha value is -3.46. The minimum Gasteiger partial charge on any atom is -0.352 e. The van der Waals surface area contributed by atoms with Crippen LogP contribution in [0, 0.1) is 5.82 Å². The minimum absolute atomic E-state index is 0.101. The highest BCUT2D eigenvalue weighted by Gasteiger charge is 2.41. The molecule has 37 heavy (non-hydrogen) atoms. The lowest BCUT2D eigenvalue weighted by molar-refractivity contribution is -0.116. The first kappa shape index (κ1) is 25.2. The topological polar surface area (TPSA) is 62.2 Å². The number of hydrogen-bond donors (Lipinski definition) is 2. The van der Waals surface area contributed by atoms with E-state index in [4.69, 9.17) is 35.4 Å². The van der Waals surface area contributed by atoms with Crippen molar-refractivity contribution < 1.29 is 9.18 Å². The number of rotatable bonds is 7. The van der Waals surface area contributed by atoms with Crippen LogP contribution in [0.15, 0.2) is 85.2 Å². The zero-order valence-corrected chi connectivity index (χ0v) is 21.8. The zero-order valence-electron chi connectivity index (χ0n) is 19.4. The lowest BCUT2D eigenvalue weighted by atomic mass is 10.0. The number of amides is 1. The summed E-state index contributed by atoms with van der Waals surface area (Å²) in [5, 5.41) is 7.56. The predicted octanol–water partition coefficient (Wildman–Crippen LogP) is 6.32. The van der Waals surface area contributed by atoms with Crippen LogP contribution in [0.1, 0.15) is 29.9 Å². The summed E-state index contributed by atoms with van der Waals surface area (Å²) in [5.74, 6) is -0.802. The molecular weight excluding hydrogens is 532 g/mol. The molecule has 1 fully saturated rings. The van der Waals surface area contributed by atoms with E-state index in [2.05, 4.69) is 15.6 Å². The average Bonchev–Trinajstić information content (AvgIpc) is 3.48. The number of benzene rings is 2. The SMILES string of the molecule is O=C(CCN1C(=S)N[C@H](c2ccccn2)[C@H]1c1cccn1-c1ccc(Cl)cc1Cl)Nc1ccccc1F. The fourth-order valence-corrected chi connectivity index (χ4v) is 5.33. The minimum atomic E-state index is -0.486. The highest BCUT2D eigenvalue weighted by atomic mass is 35.5. The monoisotopic (exact) mass is 553 g/mol. The highest BCUT2D eigenvalue weighted by molar-refractivity contribution is 7.80. The standard InChI is InChI=1S/C27H22Cl2FN5OS/c28-17-10-11-22(18(29)16-17)34-14-5-9-23(34)26-25(21-8-3-4-13-31-21)33-27(37)35(26)15-12-24(36)32-20-7-2-1-6-19(20)30/h1-11,13-14,16,25-26H,12,15H2,(H,32,36)(H,33,37)/t25-,26-/m1/s1. The maximum Gasteiger partial charge on any atom is 0.226 e. The molecule has 1 aliphatic heterocycles. The van der Waals surface area contributed by atoms with Crippen LogP contribution in [0.5, 0.6) is 0 Å². The molecule has 1 aliphatic rings. The summed E-state index contributed by atoms with van der Waals surface area (Å²) in [6, 6.07) is 20.5. The van der Waals surface area contributed by atoms with Gasteiger partial charge in [0.1, 0.15) is 5.82 Å². The van der Waals surface area contributed by atoms with E-state index in [1.807, 2.05) is 52.1 Å². The van der Waals surface area contributed by atoms with Crippen LogP contribution >= 0.6 is 35.4 Å². The van der Waals surface area contributed by atoms with Gasteiger partial charge in [0.25, 0.3) is 0 Å². The molecule has 2 atom stereocenters. The first-order valence-electron chi connectivity index (χ1n) is 11.6. The van der Waals surface area contributed by atoms with Gasteiger partial charge < -0.3 is 20.1 Å². The van der Waals surface area contributed by atoms with Gasteiger partial charge in [-0.05, 0) is 66.8 Å². The van der Waals surface area contributed by atoms with Crippen LogP contribution in [0.4, 0.5) is 10.1 Å². The molecule has 0 aliphatic carbocycles. The first-order chi connectivity index (χ1) is 17.9.